The Hall–Kier alpha value is -2.19. The third-order valence-electron chi connectivity index (χ3n) is 3.72. The topological polar surface area (TPSA) is 81.2 Å². The van der Waals surface area contributed by atoms with Crippen LogP contribution in [0.1, 0.15) is 36.3 Å². The number of hydrogen-bond donors (Lipinski definition) is 1. The molecule has 0 saturated heterocycles. The maximum absolute atomic E-state index is 13.0. The van der Waals surface area contributed by atoms with Crippen molar-refractivity contribution in [2.45, 2.75) is 37.2 Å². The first-order valence-electron chi connectivity index (χ1n) is 8.58. The number of halogens is 2. The van der Waals surface area contributed by atoms with E-state index in [-0.39, 0.29) is 22.5 Å². The summed E-state index contributed by atoms with van der Waals surface area (Å²) in [5.74, 6) is -0.740. The predicted octanol–water partition coefficient (Wildman–Crippen LogP) is 3.88. The van der Waals surface area contributed by atoms with Gasteiger partial charge in [0, 0.05) is 5.75 Å². The number of carbonyl (C=O) groups excluding carboxylic acids is 2. The number of benzene rings is 1. The summed E-state index contributed by atoms with van der Waals surface area (Å²) < 4.78 is 17.7. The van der Waals surface area contributed by atoms with Crippen LogP contribution in [0.2, 0.25) is 5.02 Å². The molecule has 6 nitrogen and oxygen atoms in total. The van der Waals surface area contributed by atoms with E-state index >= 15 is 0 Å². The molecule has 1 heterocycles. The maximum Gasteiger partial charge on any atom is 0.328 e. The molecule has 1 atom stereocenters. The third-order valence-corrected chi connectivity index (χ3v) is 4.93. The molecule has 1 aromatic heterocycles. The van der Waals surface area contributed by atoms with Crippen LogP contribution in [-0.2, 0) is 15.3 Å². The molecular weight excluding hydrogens is 405 g/mol. The summed E-state index contributed by atoms with van der Waals surface area (Å²) >= 11 is 7.36. The van der Waals surface area contributed by atoms with Gasteiger partial charge in [0.2, 0.25) is 0 Å². The Labute approximate surface area is 172 Å². The van der Waals surface area contributed by atoms with E-state index in [0.29, 0.717) is 17.3 Å². The molecule has 0 fully saturated rings. The van der Waals surface area contributed by atoms with E-state index in [1.54, 1.807) is 12.1 Å². The van der Waals surface area contributed by atoms with E-state index in [9.17, 15) is 14.0 Å². The molecule has 0 bridgehead atoms. The smallest absolute Gasteiger partial charge is 0.328 e. The van der Waals surface area contributed by atoms with E-state index in [1.165, 1.54) is 37.2 Å². The van der Waals surface area contributed by atoms with Gasteiger partial charge in [0.15, 0.2) is 10.9 Å². The fraction of sp³-hybridized carbons (Fsp3) is 0.368. The highest BCUT2D eigenvalue weighted by molar-refractivity contribution is 7.98. The van der Waals surface area contributed by atoms with Gasteiger partial charge in [-0.3, -0.25) is 4.79 Å². The standard InChI is InChI=1S/C19H21ClFN3O3S/c1-11(2)8-15(18(26)27-3)23-17(25)16-14(20)9-22-19(24-16)28-10-12-4-6-13(21)7-5-12/h4-7,9,11,15H,8,10H2,1-3H3,(H,23,25)/t15-/m1/s1. The number of amides is 1. The minimum Gasteiger partial charge on any atom is -0.467 e. The second kappa shape index (κ2) is 10.4. The average Bonchev–Trinajstić information content (AvgIpc) is 2.67. The van der Waals surface area contributed by atoms with Crippen LogP contribution in [-0.4, -0.2) is 35.0 Å². The number of thioether (sulfide) groups is 1. The third kappa shape index (κ3) is 6.45. The van der Waals surface area contributed by atoms with Crippen LogP contribution < -0.4 is 5.32 Å². The molecule has 1 amide bonds. The maximum atomic E-state index is 13.0. The molecule has 2 aromatic rings. The van der Waals surface area contributed by atoms with Crippen molar-refractivity contribution in [2.24, 2.45) is 5.92 Å². The lowest BCUT2D eigenvalue weighted by molar-refractivity contribution is -0.143. The molecule has 0 unspecified atom stereocenters. The van der Waals surface area contributed by atoms with Crippen molar-refractivity contribution in [2.75, 3.05) is 7.11 Å². The first-order valence-corrected chi connectivity index (χ1v) is 9.95. The second-order valence-corrected chi connectivity index (χ2v) is 7.79. The van der Waals surface area contributed by atoms with Gasteiger partial charge in [-0.15, -0.1) is 0 Å². The van der Waals surface area contributed by atoms with Crippen molar-refractivity contribution in [3.63, 3.8) is 0 Å². The van der Waals surface area contributed by atoms with E-state index in [4.69, 9.17) is 16.3 Å². The predicted molar refractivity (Wildman–Crippen MR) is 106 cm³/mol. The molecule has 0 aliphatic carbocycles. The SMILES string of the molecule is COC(=O)[C@@H](CC(C)C)NC(=O)c1nc(SCc2ccc(F)cc2)ncc1Cl. The number of methoxy groups -OCH3 is 1. The Morgan fingerprint density at radius 1 is 1.29 bits per heavy atom. The molecular formula is C19H21ClFN3O3S. The van der Waals surface area contributed by atoms with Gasteiger partial charge in [0.1, 0.15) is 11.9 Å². The molecule has 1 aromatic carbocycles. The Morgan fingerprint density at radius 3 is 2.57 bits per heavy atom. The number of nitrogens with one attached hydrogen (secondary N) is 1. The van der Waals surface area contributed by atoms with Crippen LogP contribution in [0, 0.1) is 11.7 Å². The zero-order chi connectivity index (χ0) is 20.7. The van der Waals surface area contributed by atoms with Crippen molar-refractivity contribution in [1.82, 2.24) is 15.3 Å². The van der Waals surface area contributed by atoms with Gasteiger partial charge in [-0.1, -0.05) is 49.3 Å². The molecule has 0 radical (unpaired) electrons. The second-order valence-electron chi connectivity index (χ2n) is 6.44. The van der Waals surface area contributed by atoms with Crippen molar-refractivity contribution in [3.8, 4) is 0 Å². The van der Waals surface area contributed by atoms with Crippen LogP contribution >= 0.6 is 23.4 Å². The fourth-order valence-electron chi connectivity index (χ4n) is 2.36. The lowest BCUT2D eigenvalue weighted by atomic mass is 10.0. The number of nitrogens with zero attached hydrogens (tertiary/aromatic N) is 2. The van der Waals surface area contributed by atoms with Crippen LogP contribution in [0.5, 0.6) is 0 Å². The van der Waals surface area contributed by atoms with E-state index in [0.717, 1.165) is 5.56 Å². The largest absolute Gasteiger partial charge is 0.467 e. The summed E-state index contributed by atoms with van der Waals surface area (Å²) in [4.78, 5) is 32.8. The molecule has 28 heavy (non-hydrogen) atoms. The molecule has 9 heteroatoms. The first kappa shape index (κ1) is 22.1. The van der Waals surface area contributed by atoms with Crippen LogP contribution in [0.4, 0.5) is 4.39 Å². The number of esters is 1. The minimum atomic E-state index is -0.793. The highest BCUT2D eigenvalue weighted by atomic mass is 35.5. The van der Waals surface area contributed by atoms with Gasteiger partial charge in [-0.25, -0.2) is 19.2 Å². The van der Waals surface area contributed by atoms with E-state index in [2.05, 4.69) is 15.3 Å². The normalized spacial score (nSPS) is 11.9. The van der Waals surface area contributed by atoms with Crippen molar-refractivity contribution < 1.29 is 18.7 Å². The lowest BCUT2D eigenvalue weighted by Gasteiger charge is -2.18. The van der Waals surface area contributed by atoms with Gasteiger partial charge < -0.3 is 10.1 Å². The molecule has 0 saturated carbocycles. The molecule has 0 aliphatic heterocycles. The Kier molecular flexibility index (Phi) is 8.19. The number of carbonyl (C=O) groups is 2. The quantitative estimate of drug-likeness (QED) is 0.392. The van der Waals surface area contributed by atoms with Crippen LogP contribution in [0.3, 0.4) is 0 Å². The number of aromatic nitrogens is 2. The van der Waals surface area contributed by atoms with Crippen LogP contribution in [0.25, 0.3) is 0 Å². The van der Waals surface area contributed by atoms with E-state index < -0.39 is 17.9 Å². The zero-order valence-electron chi connectivity index (χ0n) is 15.7. The summed E-state index contributed by atoms with van der Waals surface area (Å²) in [5.41, 5.74) is 0.870. The molecule has 0 spiro atoms. The average molecular weight is 426 g/mol. The van der Waals surface area contributed by atoms with Crippen LogP contribution in [0.15, 0.2) is 35.6 Å². The summed E-state index contributed by atoms with van der Waals surface area (Å²) in [6.45, 7) is 3.87. The van der Waals surface area contributed by atoms with Crippen molar-refractivity contribution >= 4 is 35.2 Å². The monoisotopic (exact) mass is 425 g/mol. The summed E-state index contributed by atoms with van der Waals surface area (Å²) in [6, 6.07) is 5.29. The fourth-order valence-corrected chi connectivity index (χ4v) is 3.31. The van der Waals surface area contributed by atoms with Gasteiger partial charge in [0.05, 0.1) is 18.3 Å². The minimum absolute atomic E-state index is 0.0177. The Morgan fingerprint density at radius 2 is 1.96 bits per heavy atom. The summed E-state index contributed by atoms with van der Waals surface area (Å²) in [7, 11) is 1.27. The Balaban J connectivity index is 2.11. The lowest BCUT2D eigenvalue weighted by Crippen LogP contribution is -2.42. The first-order chi connectivity index (χ1) is 13.3. The Bertz CT molecular complexity index is 834. The summed E-state index contributed by atoms with van der Waals surface area (Å²) in [5, 5.41) is 3.05. The molecule has 0 aliphatic rings. The molecule has 2 rings (SSSR count). The highest BCUT2D eigenvalue weighted by Crippen LogP contribution is 2.22. The number of rotatable bonds is 8. The highest BCUT2D eigenvalue weighted by Gasteiger charge is 2.25. The van der Waals surface area contributed by atoms with Gasteiger partial charge in [-0.05, 0) is 30.0 Å². The van der Waals surface area contributed by atoms with Crippen molar-refractivity contribution in [3.05, 3.63) is 52.6 Å². The van der Waals surface area contributed by atoms with E-state index in [1.807, 2.05) is 13.8 Å². The number of ether oxygens (including phenoxy) is 1. The van der Waals surface area contributed by atoms with Gasteiger partial charge in [0.25, 0.3) is 5.91 Å². The summed E-state index contributed by atoms with van der Waals surface area (Å²) in [6.07, 6.45) is 1.76. The van der Waals surface area contributed by atoms with Gasteiger partial charge in [-0.2, -0.15) is 0 Å². The van der Waals surface area contributed by atoms with Gasteiger partial charge >= 0.3 is 5.97 Å². The number of hydrogen-bond acceptors (Lipinski definition) is 6. The molecule has 1 N–H and O–H groups in total. The molecule has 150 valence electrons. The van der Waals surface area contributed by atoms with Crippen molar-refractivity contribution in [1.29, 1.82) is 0 Å². The zero-order valence-corrected chi connectivity index (χ0v) is 17.3.